The number of hydrogen-bond acceptors (Lipinski definition) is 24. The molecule has 0 saturated carbocycles. The first-order chi connectivity index (χ1) is 31.4. The van der Waals surface area contributed by atoms with E-state index in [2.05, 4.69) is 0 Å². The molecule has 4 aliphatic rings. The molecule has 0 bridgehead atoms. The van der Waals surface area contributed by atoms with Crippen molar-refractivity contribution in [3.8, 4) is 40.2 Å². The van der Waals surface area contributed by atoms with E-state index in [1.54, 1.807) is 0 Å². The van der Waals surface area contributed by atoms with Crippen LogP contribution in [-0.4, -0.2) is 195 Å². The van der Waals surface area contributed by atoms with E-state index >= 15 is 0 Å². The molecule has 15 N–H and O–H groups in total. The number of esters is 1. The Kier molecular flexibility index (Phi) is 14.8. The minimum atomic E-state index is -1.99. The number of phenols is 4. The predicted octanol–water partition coefficient (Wildman–Crippen LogP) is -3.58. The zero-order valence-electron chi connectivity index (χ0n) is 34.1. The summed E-state index contributed by atoms with van der Waals surface area (Å²) in [7, 11) is 0. The van der Waals surface area contributed by atoms with E-state index in [0.29, 0.717) is 5.56 Å². The van der Waals surface area contributed by atoms with Crippen molar-refractivity contribution >= 4 is 18.1 Å². The molecule has 0 radical (unpaired) electrons. The number of ether oxygens (including phenoxy) is 8. The maximum atomic E-state index is 12.5. The number of phenolic OH excluding ortho intramolecular Hbond substituents is 4. The molecule has 24 nitrogen and oxygen atoms in total. The molecule has 4 aliphatic heterocycles. The van der Waals surface area contributed by atoms with Crippen molar-refractivity contribution in [1.82, 2.24) is 0 Å². The Morgan fingerprint density at radius 3 is 1.70 bits per heavy atom. The summed E-state index contributed by atoms with van der Waals surface area (Å²) in [6.45, 7) is -2.34. The van der Waals surface area contributed by atoms with E-state index in [4.69, 9.17) is 37.9 Å². The van der Waals surface area contributed by atoms with Crippen LogP contribution in [0.5, 0.6) is 40.2 Å². The fourth-order valence-corrected chi connectivity index (χ4v) is 7.34. The van der Waals surface area contributed by atoms with Crippen LogP contribution >= 0.6 is 0 Å². The van der Waals surface area contributed by atoms with Crippen molar-refractivity contribution in [2.24, 2.45) is 0 Å². The van der Waals surface area contributed by atoms with Crippen molar-refractivity contribution in [3.05, 3.63) is 77.1 Å². The number of rotatable bonds is 13. The quantitative estimate of drug-likeness (QED) is 0.0448. The van der Waals surface area contributed by atoms with E-state index in [1.165, 1.54) is 36.4 Å². The molecule has 4 heterocycles. The number of carbonyl (C=O) groups is 1. The van der Waals surface area contributed by atoms with Gasteiger partial charge in [0.25, 0.3) is 0 Å². The van der Waals surface area contributed by atoms with Gasteiger partial charge in [-0.2, -0.15) is 0 Å². The van der Waals surface area contributed by atoms with Crippen molar-refractivity contribution in [1.29, 1.82) is 0 Å². The van der Waals surface area contributed by atoms with Gasteiger partial charge in [0.15, 0.2) is 17.6 Å². The van der Waals surface area contributed by atoms with Gasteiger partial charge in [0.05, 0.1) is 18.8 Å². The number of aromatic hydroxyl groups is 4. The highest BCUT2D eigenvalue weighted by Gasteiger charge is 2.49. The summed E-state index contributed by atoms with van der Waals surface area (Å²) in [6, 6.07) is 9.92. The summed E-state index contributed by atoms with van der Waals surface area (Å²) in [5.41, 5.74) is 0.247. The molecule has 7 rings (SSSR count). The summed E-state index contributed by atoms with van der Waals surface area (Å²) in [5, 5.41) is 157. The fourth-order valence-electron chi connectivity index (χ4n) is 7.34. The van der Waals surface area contributed by atoms with Gasteiger partial charge >= 0.3 is 5.97 Å². The fraction of sp³-hybridized carbons (Fsp3) is 0.452. The molecule has 360 valence electrons. The summed E-state index contributed by atoms with van der Waals surface area (Å²) >= 11 is 0. The molecule has 1 unspecified atom stereocenters. The Morgan fingerprint density at radius 1 is 0.591 bits per heavy atom. The van der Waals surface area contributed by atoms with Crippen molar-refractivity contribution in [2.45, 2.75) is 98.2 Å². The lowest BCUT2D eigenvalue weighted by Gasteiger charge is -2.41. The van der Waals surface area contributed by atoms with Gasteiger partial charge in [-0.05, 0) is 42.0 Å². The molecule has 3 aromatic carbocycles. The molecule has 3 fully saturated rings. The summed E-state index contributed by atoms with van der Waals surface area (Å²) in [6.07, 6.45) is -25.1. The Balaban J connectivity index is 1.19. The highest BCUT2D eigenvalue weighted by Crippen LogP contribution is 2.48. The van der Waals surface area contributed by atoms with Crippen LogP contribution in [-0.2, 0) is 28.5 Å². The smallest absolute Gasteiger partial charge is 0.330 e. The van der Waals surface area contributed by atoms with Crippen LogP contribution in [0.4, 0.5) is 0 Å². The van der Waals surface area contributed by atoms with Crippen LogP contribution in [0.2, 0.25) is 0 Å². The average Bonchev–Trinajstić information content (AvgIpc) is 3.30. The van der Waals surface area contributed by atoms with Crippen LogP contribution in [0, 0.1) is 0 Å². The molecule has 16 atom stereocenters. The van der Waals surface area contributed by atoms with Crippen LogP contribution in [0.25, 0.3) is 12.2 Å². The first-order valence-electron chi connectivity index (χ1n) is 20.1. The van der Waals surface area contributed by atoms with E-state index in [1.807, 2.05) is 0 Å². The lowest BCUT2D eigenvalue weighted by atomic mass is 9.98. The molecule has 0 amide bonds. The number of fused-ring (bicyclic) bond motifs is 1. The second-order valence-electron chi connectivity index (χ2n) is 15.6. The molecule has 3 saturated heterocycles. The van der Waals surface area contributed by atoms with Gasteiger partial charge in [0.2, 0.25) is 24.6 Å². The molecule has 0 aliphatic carbocycles. The maximum absolute atomic E-state index is 12.5. The Bertz CT molecular complexity index is 2230. The molecule has 24 heteroatoms. The first kappa shape index (κ1) is 48.4. The summed E-state index contributed by atoms with van der Waals surface area (Å²) < 4.78 is 45.6. The van der Waals surface area contributed by atoms with Crippen LogP contribution < -0.4 is 14.2 Å². The van der Waals surface area contributed by atoms with Crippen molar-refractivity contribution < 1.29 is 119 Å². The topological polar surface area (TPSA) is 394 Å². The minimum absolute atomic E-state index is 0.00558. The van der Waals surface area contributed by atoms with Crippen molar-refractivity contribution in [2.75, 3.05) is 19.8 Å². The van der Waals surface area contributed by atoms with Crippen LogP contribution in [0.3, 0.4) is 0 Å². The molecular weight excluding hydrogens is 888 g/mol. The third-order valence-electron chi connectivity index (χ3n) is 11.1. The van der Waals surface area contributed by atoms with Gasteiger partial charge in [0, 0.05) is 23.8 Å². The third-order valence-corrected chi connectivity index (χ3v) is 11.1. The highest BCUT2D eigenvalue weighted by molar-refractivity contribution is 5.87. The number of aliphatic hydroxyl groups excluding tert-OH is 11. The Morgan fingerprint density at radius 2 is 1.12 bits per heavy atom. The third kappa shape index (κ3) is 10.1. The highest BCUT2D eigenvalue weighted by atomic mass is 16.7. The normalized spacial score (nSPS) is 34.4. The molecular formula is C42H48O24. The largest absolute Gasteiger partial charge is 0.508 e. The van der Waals surface area contributed by atoms with E-state index < -0.39 is 153 Å². The summed E-state index contributed by atoms with van der Waals surface area (Å²) in [5.74, 6) is -4.86. The minimum Gasteiger partial charge on any atom is -0.508 e. The molecule has 3 aromatic rings. The van der Waals surface area contributed by atoms with Gasteiger partial charge in [-0.25, -0.2) is 4.79 Å². The molecule has 0 spiro atoms. The zero-order chi connectivity index (χ0) is 47.7. The monoisotopic (exact) mass is 936 g/mol. The number of aliphatic hydroxyl groups is 11. The number of carbonyl (C=O) groups excluding carboxylic acids is 1. The predicted molar refractivity (Wildman–Crippen MR) is 214 cm³/mol. The van der Waals surface area contributed by atoms with Gasteiger partial charge < -0.3 is 114 Å². The Hall–Kier alpha value is -5.55. The Labute approximate surface area is 372 Å². The second kappa shape index (κ2) is 20.1. The summed E-state index contributed by atoms with van der Waals surface area (Å²) in [4.78, 5) is 12.5. The van der Waals surface area contributed by atoms with Crippen molar-refractivity contribution in [3.63, 3.8) is 0 Å². The van der Waals surface area contributed by atoms with Crippen LogP contribution in [0.1, 0.15) is 22.8 Å². The number of benzene rings is 3. The standard InChI is InChI=1S/C42H48O24/c43-12-25-30(50)33(53)36(56)41(64-25)62-23-8-16(7-20(47)29(23)49)39-24(63-42-37(57)34(54)31(51)26(13-44)65-42)11-19-21(60-39)9-18(46)10-22(19)61-40-38(58)35(55)32(52)27(66-40)14-59-28(48)6-3-15-1-4-17(45)5-2-15/h1-11,25-27,30-47,49-58H,12-14H2/b6-3+/t25-,26-,27-,30-,31-,32-,33+,34+,35+,36-,37+,38-,39?,40-,41-,42-/m1/s1. The van der Waals surface area contributed by atoms with Gasteiger partial charge in [-0.1, -0.05) is 12.1 Å². The first-order valence-corrected chi connectivity index (χ1v) is 20.1. The van der Waals surface area contributed by atoms with E-state index in [9.17, 15) is 81.4 Å². The molecule has 0 aromatic heterocycles. The molecule has 66 heavy (non-hydrogen) atoms. The lowest BCUT2D eigenvalue weighted by molar-refractivity contribution is -0.293. The maximum Gasteiger partial charge on any atom is 0.330 e. The van der Waals surface area contributed by atoms with Crippen LogP contribution in [0.15, 0.2) is 60.4 Å². The number of hydrogen-bond donors (Lipinski definition) is 15. The lowest BCUT2D eigenvalue weighted by Crippen LogP contribution is -2.60. The zero-order valence-corrected chi connectivity index (χ0v) is 34.1. The second-order valence-corrected chi connectivity index (χ2v) is 15.6. The van der Waals surface area contributed by atoms with E-state index in [0.717, 1.165) is 30.3 Å². The van der Waals surface area contributed by atoms with Gasteiger partial charge in [-0.3, -0.25) is 0 Å². The van der Waals surface area contributed by atoms with Gasteiger partial charge in [0.1, 0.15) is 109 Å². The van der Waals surface area contributed by atoms with E-state index in [-0.39, 0.29) is 28.4 Å². The SMILES string of the molecule is O=C(/C=C/c1ccc(O)cc1)OC[C@H]1O[C@@H](Oc2cc(O)cc3c2C=C(O[C@@H]2O[C@H](CO)[C@@H](O)[C@H](O)[C@@H]2O)C(c2cc(O)c(O)c(O[C@@H]4O[C@H](CO)[C@@H](O)[C@H](O)[C@H]4O)c2)O3)[C@H](O)[C@@H](O)[C@@H]1O. The van der Waals surface area contributed by atoms with Gasteiger partial charge in [-0.15, -0.1) is 0 Å². The average molecular weight is 937 g/mol.